The topological polar surface area (TPSA) is 17.8 Å². The predicted octanol–water partition coefficient (Wildman–Crippen LogP) is 15.8. The Morgan fingerprint density at radius 2 is 0.917 bits per heavy atom. The van der Waals surface area contributed by atoms with E-state index in [0.717, 1.165) is 27.6 Å². The van der Waals surface area contributed by atoms with Gasteiger partial charge >= 0.3 is 0 Å². The summed E-state index contributed by atoms with van der Waals surface area (Å²) >= 11 is 0. The number of fused-ring (bicyclic) bond motifs is 7. The molecule has 0 saturated heterocycles. The van der Waals surface area contributed by atoms with Crippen molar-refractivity contribution in [3.05, 3.63) is 218 Å². The van der Waals surface area contributed by atoms with Gasteiger partial charge in [0.15, 0.2) is 0 Å². The van der Waals surface area contributed by atoms with Gasteiger partial charge in [0, 0.05) is 17.3 Å². The van der Waals surface area contributed by atoms with Gasteiger partial charge in [-0.25, -0.2) is 0 Å². The normalized spacial score (nSPS) is 11.8. The van der Waals surface area contributed by atoms with Gasteiger partial charge in [-0.05, 0) is 143 Å². The second kappa shape index (κ2) is 13.7. The number of rotatable bonds is 5. The number of aryl methyl sites for hydroxylation is 1. The molecule has 0 atom stereocenters. The van der Waals surface area contributed by atoms with Crippen molar-refractivity contribution in [2.75, 3.05) is 0 Å². The molecule has 12 rings (SSSR count). The average molecular weight is 763 g/mol. The summed E-state index contributed by atoms with van der Waals surface area (Å²) in [4.78, 5) is 4.89. The summed E-state index contributed by atoms with van der Waals surface area (Å²) in [5.41, 5.74) is 15.5. The molecule has 0 fully saturated rings. The monoisotopic (exact) mass is 762 g/mol. The lowest BCUT2D eigenvalue weighted by Gasteiger charge is -2.20. The number of benzene rings is 10. The van der Waals surface area contributed by atoms with E-state index in [1.165, 1.54) is 93.2 Å². The maximum Gasteiger partial charge on any atom is 0.0963 e. The van der Waals surface area contributed by atoms with Crippen LogP contribution in [-0.2, 0) is 0 Å². The van der Waals surface area contributed by atoms with Crippen LogP contribution in [0.2, 0.25) is 0 Å². The third kappa shape index (κ3) is 5.31. The Hall–Kier alpha value is -7.81. The van der Waals surface area contributed by atoms with Crippen LogP contribution in [0.4, 0.5) is 0 Å². The summed E-state index contributed by atoms with van der Waals surface area (Å²) in [6.45, 7) is 2.14. The fraction of sp³-hybridized carbons (Fsp3) is 0.0172. The Balaban J connectivity index is 1.02. The van der Waals surface area contributed by atoms with Crippen molar-refractivity contribution in [2.24, 2.45) is 0 Å². The van der Waals surface area contributed by atoms with Crippen LogP contribution in [0.1, 0.15) is 5.56 Å². The van der Waals surface area contributed by atoms with Gasteiger partial charge in [0.05, 0.1) is 16.6 Å². The molecule has 0 radical (unpaired) electrons. The second-order valence-electron chi connectivity index (χ2n) is 15.9. The third-order valence-corrected chi connectivity index (χ3v) is 12.5. The van der Waals surface area contributed by atoms with Crippen molar-refractivity contribution in [3.63, 3.8) is 0 Å². The lowest BCUT2D eigenvalue weighted by Crippen LogP contribution is -1.94. The molecule has 0 bridgehead atoms. The number of hydrogen-bond acceptors (Lipinski definition) is 1. The minimum Gasteiger partial charge on any atom is -0.308 e. The van der Waals surface area contributed by atoms with Gasteiger partial charge in [-0.3, -0.25) is 4.98 Å². The SMILES string of the molecule is Cc1cccc(-n2c3ccc(-c4cccc(-c5ccc(-c6c7ccccc7c(-c7cccc8ccccc78)c7ccccc67)c6ccccc56)c4)cc3c3ncccc32)c1. The number of hydrogen-bond donors (Lipinski definition) is 0. The first-order valence-corrected chi connectivity index (χ1v) is 20.7. The summed E-state index contributed by atoms with van der Waals surface area (Å²) in [6, 6.07) is 75.7. The lowest BCUT2D eigenvalue weighted by atomic mass is 9.83. The van der Waals surface area contributed by atoms with E-state index in [1.54, 1.807) is 0 Å². The molecular weight excluding hydrogens is 725 g/mol. The highest BCUT2D eigenvalue weighted by molar-refractivity contribution is 6.25. The number of aromatic nitrogens is 2. The van der Waals surface area contributed by atoms with E-state index >= 15 is 0 Å². The molecule has 10 aromatic carbocycles. The molecule has 2 nitrogen and oxygen atoms in total. The Kier molecular flexibility index (Phi) is 7.79. The molecule has 0 N–H and O–H groups in total. The van der Waals surface area contributed by atoms with Crippen LogP contribution in [0, 0.1) is 6.92 Å². The zero-order chi connectivity index (χ0) is 39.7. The van der Waals surface area contributed by atoms with Crippen molar-refractivity contribution in [2.45, 2.75) is 6.92 Å². The largest absolute Gasteiger partial charge is 0.308 e. The van der Waals surface area contributed by atoms with Gasteiger partial charge in [0.2, 0.25) is 0 Å². The summed E-state index contributed by atoms with van der Waals surface area (Å²) in [6.07, 6.45) is 1.90. The molecule has 0 aliphatic carbocycles. The highest BCUT2D eigenvalue weighted by atomic mass is 15.0. The van der Waals surface area contributed by atoms with Gasteiger partial charge in [-0.2, -0.15) is 0 Å². The Labute approximate surface area is 348 Å². The first-order chi connectivity index (χ1) is 29.7. The van der Waals surface area contributed by atoms with Gasteiger partial charge in [0.25, 0.3) is 0 Å². The molecule has 2 heterocycles. The van der Waals surface area contributed by atoms with Crippen LogP contribution in [0.5, 0.6) is 0 Å². The molecule has 0 unspecified atom stereocenters. The standard InChI is InChI=1S/C58H38N2/c1-37-14-10-19-42(34-37)60-54-32-29-40(36-53(54)58-55(60)28-13-33-59-58)39-17-11-18-41(35-39)44-30-31-52(46-22-5-4-21-45(44)46)57-50-25-8-6-23-48(50)56(49-24-7-9-26-51(49)57)47-27-12-16-38-15-2-3-20-43(38)47/h2-36H,1H3. The summed E-state index contributed by atoms with van der Waals surface area (Å²) in [7, 11) is 0. The van der Waals surface area contributed by atoms with Crippen LogP contribution in [0.25, 0.3) is 115 Å². The fourth-order valence-electron chi connectivity index (χ4n) is 9.85. The van der Waals surface area contributed by atoms with Gasteiger partial charge < -0.3 is 4.57 Å². The molecule has 0 aliphatic heterocycles. The molecule has 2 aromatic heterocycles. The van der Waals surface area contributed by atoms with E-state index in [-0.39, 0.29) is 0 Å². The molecule has 0 spiro atoms. The minimum absolute atomic E-state index is 1.01. The predicted molar refractivity (Wildman–Crippen MR) is 255 cm³/mol. The van der Waals surface area contributed by atoms with E-state index in [9.17, 15) is 0 Å². The van der Waals surface area contributed by atoms with E-state index in [4.69, 9.17) is 4.98 Å². The molecule has 2 heteroatoms. The molecular formula is C58H38N2. The molecule has 60 heavy (non-hydrogen) atoms. The smallest absolute Gasteiger partial charge is 0.0963 e. The third-order valence-electron chi connectivity index (χ3n) is 12.5. The lowest BCUT2D eigenvalue weighted by molar-refractivity contribution is 1.17. The maximum absolute atomic E-state index is 4.89. The quantitative estimate of drug-likeness (QED) is 0.160. The zero-order valence-electron chi connectivity index (χ0n) is 33.1. The second-order valence-corrected chi connectivity index (χ2v) is 15.9. The fourth-order valence-corrected chi connectivity index (χ4v) is 9.85. The number of nitrogens with zero attached hydrogens (tertiary/aromatic N) is 2. The summed E-state index contributed by atoms with van der Waals surface area (Å²) < 4.78 is 2.34. The highest BCUT2D eigenvalue weighted by Gasteiger charge is 2.20. The Morgan fingerprint density at radius 3 is 1.65 bits per heavy atom. The van der Waals surface area contributed by atoms with Crippen LogP contribution in [0.3, 0.4) is 0 Å². The highest BCUT2D eigenvalue weighted by Crippen LogP contribution is 2.47. The molecule has 0 aliphatic rings. The molecule has 0 amide bonds. The first-order valence-electron chi connectivity index (χ1n) is 20.7. The van der Waals surface area contributed by atoms with E-state index < -0.39 is 0 Å². The zero-order valence-corrected chi connectivity index (χ0v) is 33.1. The van der Waals surface area contributed by atoms with Crippen molar-refractivity contribution in [1.29, 1.82) is 0 Å². The van der Waals surface area contributed by atoms with Crippen LogP contribution >= 0.6 is 0 Å². The summed E-state index contributed by atoms with van der Waals surface area (Å²) in [5.74, 6) is 0. The summed E-state index contributed by atoms with van der Waals surface area (Å²) in [5, 5.41) is 11.2. The van der Waals surface area contributed by atoms with Crippen LogP contribution in [-0.4, -0.2) is 9.55 Å². The maximum atomic E-state index is 4.89. The first kappa shape index (κ1) is 34.3. The van der Waals surface area contributed by atoms with Crippen molar-refractivity contribution >= 4 is 65.0 Å². The van der Waals surface area contributed by atoms with Crippen LogP contribution < -0.4 is 0 Å². The van der Waals surface area contributed by atoms with Gasteiger partial charge in [0.1, 0.15) is 0 Å². The average Bonchev–Trinajstić information content (AvgIpc) is 3.64. The Morgan fingerprint density at radius 1 is 0.350 bits per heavy atom. The van der Waals surface area contributed by atoms with E-state index in [0.29, 0.717) is 0 Å². The van der Waals surface area contributed by atoms with Gasteiger partial charge in [-0.1, -0.05) is 164 Å². The van der Waals surface area contributed by atoms with Crippen molar-refractivity contribution < 1.29 is 0 Å². The molecule has 280 valence electrons. The Bertz CT molecular complexity index is 3620. The van der Waals surface area contributed by atoms with Gasteiger partial charge in [-0.15, -0.1) is 0 Å². The minimum atomic E-state index is 1.01. The van der Waals surface area contributed by atoms with Crippen LogP contribution in [0.15, 0.2) is 212 Å². The van der Waals surface area contributed by atoms with E-state index in [1.807, 2.05) is 12.3 Å². The molecule has 12 aromatic rings. The molecule has 0 saturated carbocycles. The van der Waals surface area contributed by atoms with Crippen molar-refractivity contribution in [3.8, 4) is 50.2 Å². The van der Waals surface area contributed by atoms with E-state index in [2.05, 4.69) is 212 Å². The number of pyridine rings is 1. The van der Waals surface area contributed by atoms with Crippen molar-refractivity contribution in [1.82, 2.24) is 9.55 Å².